The van der Waals surface area contributed by atoms with Crippen LogP contribution in [0.4, 0.5) is 0 Å². The quantitative estimate of drug-likeness (QED) is 0.849. The second-order valence-electron chi connectivity index (χ2n) is 5.91. The van der Waals surface area contributed by atoms with Gasteiger partial charge >= 0.3 is 0 Å². The summed E-state index contributed by atoms with van der Waals surface area (Å²) in [6, 6.07) is 9.55. The number of carbonyl (C=O) groups is 1. The van der Waals surface area contributed by atoms with Crippen LogP contribution < -0.4 is 19.5 Å². The number of ether oxygens (including phenoxy) is 3. The maximum atomic E-state index is 12.1. The Morgan fingerprint density at radius 2 is 1.88 bits per heavy atom. The highest BCUT2D eigenvalue weighted by Gasteiger charge is 2.13. The lowest BCUT2D eigenvalue weighted by Crippen LogP contribution is -2.20. The van der Waals surface area contributed by atoms with Crippen molar-refractivity contribution in [2.45, 2.75) is 20.4 Å². The third-order valence-electron chi connectivity index (χ3n) is 4.11. The Labute approximate surface area is 147 Å². The van der Waals surface area contributed by atoms with Crippen LogP contribution in [-0.4, -0.2) is 19.8 Å². The summed E-state index contributed by atoms with van der Waals surface area (Å²) in [5.74, 6) is 2.12. The minimum atomic E-state index is -0.146. The van der Waals surface area contributed by atoms with Gasteiger partial charge in [0, 0.05) is 12.6 Å². The predicted molar refractivity (Wildman–Crippen MR) is 95.9 cm³/mol. The highest BCUT2D eigenvalue weighted by atomic mass is 16.7. The summed E-state index contributed by atoms with van der Waals surface area (Å²) >= 11 is 0. The molecule has 1 aliphatic rings. The molecule has 1 aliphatic heterocycles. The highest BCUT2D eigenvalue weighted by Crippen LogP contribution is 2.32. The van der Waals surface area contributed by atoms with Gasteiger partial charge in [-0.1, -0.05) is 6.07 Å². The number of carbonyl (C=O) groups excluding carboxylic acids is 1. The first-order valence-corrected chi connectivity index (χ1v) is 8.06. The first-order chi connectivity index (χ1) is 12.1. The lowest BCUT2D eigenvalue weighted by atomic mass is 10.0. The van der Waals surface area contributed by atoms with Gasteiger partial charge in [0.15, 0.2) is 11.5 Å². The number of nitrogens with one attached hydrogen (secondary N) is 1. The van der Waals surface area contributed by atoms with E-state index in [-0.39, 0.29) is 12.7 Å². The molecule has 0 unspecified atom stereocenters. The van der Waals surface area contributed by atoms with Gasteiger partial charge in [-0.2, -0.15) is 0 Å². The van der Waals surface area contributed by atoms with Crippen molar-refractivity contribution in [1.29, 1.82) is 0 Å². The van der Waals surface area contributed by atoms with E-state index in [2.05, 4.69) is 5.32 Å². The van der Waals surface area contributed by atoms with Gasteiger partial charge in [-0.05, 0) is 66.4 Å². The van der Waals surface area contributed by atoms with Crippen LogP contribution in [0.1, 0.15) is 22.3 Å². The van der Waals surface area contributed by atoms with Gasteiger partial charge < -0.3 is 19.5 Å². The van der Waals surface area contributed by atoms with Crippen molar-refractivity contribution in [3.63, 3.8) is 0 Å². The number of methoxy groups -OCH3 is 1. The Morgan fingerprint density at radius 3 is 2.60 bits per heavy atom. The average molecular weight is 339 g/mol. The van der Waals surface area contributed by atoms with Crippen molar-refractivity contribution in [3.8, 4) is 17.2 Å². The van der Waals surface area contributed by atoms with Crippen LogP contribution >= 0.6 is 0 Å². The number of aryl methyl sites for hydroxylation is 2. The molecule has 0 aromatic heterocycles. The van der Waals surface area contributed by atoms with Crippen LogP contribution in [0.25, 0.3) is 6.08 Å². The van der Waals surface area contributed by atoms with E-state index in [1.807, 2.05) is 50.3 Å². The normalized spacial score (nSPS) is 12.4. The van der Waals surface area contributed by atoms with Crippen LogP contribution in [0.5, 0.6) is 17.2 Å². The fraction of sp³-hybridized carbons (Fsp3) is 0.250. The number of rotatable bonds is 5. The number of hydrogen-bond donors (Lipinski definition) is 1. The second-order valence-corrected chi connectivity index (χ2v) is 5.91. The van der Waals surface area contributed by atoms with Crippen LogP contribution in [0.15, 0.2) is 36.4 Å². The lowest BCUT2D eigenvalue weighted by molar-refractivity contribution is -0.116. The third kappa shape index (κ3) is 3.94. The molecule has 0 saturated heterocycles. The Bertz CT molecular complexity index is 803. The molecule has 1 heterocycles. The maximum absolute atomic E-state index is 12.1. The summed E-state index contributed by atoms with van der Waals surface area (Å²) in [6.45, 7) is 4.67. The smallest absolute Gasteiger partial charge is 0.244 e. The van der Waals surface area contributed by atoms with E-state index in [1.165, 1.54) is 0 Å². The summed E-state index contributed by atoms with van der Waals surface area (Å²) < 4.78 is 15.9. The molecule has 0 bridgehead atoms. The SMILES string of the molecule is COc1cc(C)c(/C=C/C(=O)NCc2ccc3c(c2)OCO3)c(C)c1. The first-order valence-electron chi connectivity index (χ1n) is 8.06. The van der Waals surface area contributed by atoms with Gasteiger partial charge in [0.1, 0.15) is 5.75 Å². The molecule has 130 valence electrons. The van der Waals surface area contributed by atoms with Crippen LogP contribution in [0, 0.1) is 13.8 Å². The summed E-state index contributed by atoms with van der Waals surface area (Å²) in [7, 11) is 1.65. The van der Waals surface area contributed by atoms with E-state index in [1.54, 1.807) is 13.2 Å². The molecule has 2 aromatic carbocycles. The summed E-state index contributed by atoms with van der Waals surface area (Å²) in [4.78, 5) is 12.1. The highest BCUT2D eigenvalue weighted by molar-refractivity contribution is 5.92. The summed E-state index contributed by atoms with van der Waals surface area (Å²) in [5.41, 5.74) is 4.12. The molecule has 0 spiro atoms. The zero-order chi connectivity index (χ0) is 17.8. The molecule has 1 N–H and O–H groups in total. The van der Waals surface area contributed by atoms with Crippen LogP contribution in [0.3, 0.4) is 0 Å². The fourth-order valence-electron chi connectivity index (χ4n) is 2.77. The molecular formula is C20H21NO4. The Balaban J connectivity index is 1.62. The van der Waals surface area contributed by atoms with Crippen molar-refractivity contribution in [3.05, 3.63) is 58.7 Å². The van der Waals surface area contributed by atoms with E-state index < -0.39 is 0 Å². The molecule has 0 aliphatic carbocycles. The van der Waals surface area contributed by atoms with Crippen LogP contribution in [0.2, 0.25) is 0 Å². The predicted octanol–water partition coefficient (Wildman–Crippen LogP) is 3.37. The zero-order valence-electron chi connectivity index (χ0n) is 14.6. The number of hydrogen-bond acceptors (Lipinski definition) is 4. The molecule has 5 nitrogen and oxygen atoms in total. The van der Waals surface area contributed by atoms with Crippen molar-refractivity contribution < 1.29 is 19.0 Å². The van der Waals surface area contributed by atoms with E-state index in [4.69, 9.17) is 14.2 Å². The number of fused-ring (bicyclic) bond motifs is 1. The van der Waals surface area contributed by atoms with Gasteiger partial charge in [-0.3, -0.25) is 4.79 Å². The molecule has 0 atom stereocenters. The Hall–Kier alpha value is -2.95. The molecule has 0 saturated carbocycles. The van der Waals surface area contributed by atoms with E-state index >= 15 is 0 Å². The molecule has 0 radical (unpaired) electrons. The van der Waals surface area contributed by atoms with Crippen LogP contribution in [-0.2, 0) is 11.3 Å². The Morgan fingerprint density at radius 1 is 1.16 bits per heavy atom. The average Bonchev–Trinajstić information content (AvgIpc) is 3.06. The van der Waals surface area contributed by atoms with Crippen molar-refractivity contribution in [1.82, 2.24) is 5.32 Å². The Kier molecular flexibility index (Phi) is 4.93. The largest absolute Gasteiger partial charge is 0.497 e. The second kappa shape index (κ2) is 7.30. The topological polar surface area (TPSA) is 56.8 Å². The maximum Gasteiger partial charge on any atom is 0.244 e. The van der Waals surface area contributed by atoms with Crippen molar-refractivity contribution in [2.24, 2.45) is 0 Å². The minimum absolute atomic E-state index is 0.146. The monoisotopic (exact) mass is 339 g/mol. The molecule has 3 rings (SSSR count). The molecular weight excluding hydrogens is 318 g/mol. The number of benzene rings is 2. The van der Waals surface area contributed by atoms with Gasteiger partial charge in [0.25, 0.3) is 0 Å². The van der Waals surface area contributed by atoms with Gasteiger partial charge in [0.2, 0.25) is 12.7 Å². The van der Waals surface area contributed by atoms with E-state index in [9.17, 15) is 4.79 Å². The fourth-order valence-corrected chi connectivity index (χ4v) is 2.77. The van der Waals surface area contributed by atoms with Crippen molar-refractivity contribution >= 4 is 12.0 Å². The molecule has 25 heavy (non-hydrogen) atoms. The van der Waals surface area contributed by atoms with Gasteiger partial charge in [-0.15, -0.1) is 0 Å². The van der Waals surface area contributed by atoms with E-state index in [0.29, 0.717) is 12.3 Å². The summed E-state index contributed by atoms with van der Waals surface area (Å²) in [5, 5.41) is 2.88. The van der Waals surface area contributed by atoms with Gasteiger partial charge in [-0.25, -0.2) is 0 Å². The zero-order valence-corrected chi connectivity index (χ0v) is 14.6. The first kappa shape index (κ1) is 16.9. The molecule has 1 amide bonds. The summed E-state index contributed by atoms with van der Waals surface area (Å²) in [6.07, 6.45) is 3.38. The van der Waals surface area contributed by atoms with Gasteiger partial charge in [0.05, 0.1) is 7.11 Å². The standard InChI is InChI=1S/C20H21NO4/c1-13-8-16(23-3)9-14(2)17(13)5-7-20(22)21-11-15-4-6-18-19(10-15)25-12-24-18/h4-10H,11-12H2,1-3H3,(H,21,22)/b7-5+. The third-order valence-corrected chi connectivity index (χ3v) is 4.11. The molecule has 2 aromatic rings. The van der Waals surface area contributed by atoms with Crippen molar-refractivity contribution in [2.75, 3.05) is 13.9 Å². The number of amides is 1. The lowest BCUT2D eigenvalue weighted by Gasteiger charge is -2.09. The molecule has 5 heteroatoms. The minimum Gasteiger partial charge on any atom is -0.497 e. The van der Waals surface area contributed by atoms with E-state index in [0.717, 1.165) is 33.8 Å². The molecule has 0 fully saturated rings.